The van der Waals surface area contributed by atoms with E-state index in [0.29, 0.717) is 17.1 Å². The van der Waals surface area contributed by atoms with Gasteiger partial charge in [0.05, 0.1) is 6.20 Å². The lowest BCUT2D eigenvalue weighted by atomic mass is 9.84. The van der Waals surface area contributed by atoms with Gasteiger partial charge in [-0.25, -0.2) is 9.50 Å². The molecule has 0 radical (unpaired) electrons. The monoisotopic (exact) mass is 312 g/mol. The first-order valence-corrected chi connectivity index (χ1v) is 8.65. The Morgan fingerprint density at radius 2 is 2.17 bits per heavy atom. The Morgan fingerprint density at radius 3 is 2.87 bits per heavy atom. The third kappa shape index (κ3) is 2.42. The van der Waals surface area contributed by atoms with Crippen molar-refractivity contribution in [3.05, 3.63) is 29.2 Å². The number of fused-ring (bicyclic) bond motifs is 3. The molecule has 5 nitrogen and oxygen atoms in total. The van der Waals surface area contributed by atoms with Crippen LogP contribution in [0.5, 0.6) is 0 Å². The molecule has 0 aliphatic heterocycles. The molecule has 0 spiro atoms. The molecule has 0 aromatic carbocycles. The SMILES string of the molecule is Cc1cc(C)n2ncc(C(=O)N[C@@H](C)[C@@H]3C[C@H]4CC[C@H]3C4)c2n1. The van der Waals surface area contributed by atoms with Crippen molar-refractivity contribution in [2.45, 2.75) is 52.5 Å². The topological polar surface area (TPSA) is 59.3 Å². The third-order valence-electron chi connectivity index (χ3n) is 5.82. The number of hydrogen-bond donors (Lipinski definition) is 1. The predicted octanol–water partition coefficient (Wildman–Crippen LogP) is 2.90. The Morgan fingerprint density at radius 1 is 1.35 bits per heavy atom. The number of rotatable bonds is 3. The van der Waals surface area contributed by atoms with Gasteiger partial charge in [0.2, 0.25) is 0 Å². The molecule has 122 valence electrons. The van der Waals surface area contributed by atoms with Gasteiger partial charge in [-0.3, -0.25) is 4.79 Å². The molecule has 2 aromatic rings. The van der Waals surface area contributed by atoms with Crippen LogP contribution >= 0.6 is 0 Å². The smallest absolute Gasteiger partial charge is 0.256 e. The Balaban J connectivity index is 1.55. The van der Waals surface area contributed by atoms with Gasteiger partial charge in [0.15, 0.2) is 5.65 Å². The van der Waals surface area contributed by atoms with E-state index in [2.05, 4.69) is 22.3 Å². The summed E-state index contributed by atoms with van der Waals surface area (Å²) in [5.41, 5.74) is 3.13. The minimum Gasteiger partial charge on any atom is -0.349 e. The lowest BCUT2D eigenvalue weighted by molar-refractivity contribution is 0.0917. The molecule has 2 aliphatic carbocycles. The quantitative estimate of drug-likeness (QED) is 0.948. The van der Waals surface area contributed by atoms with E-state index in [1.807, 2.05) is 19.9 Å². The van der Waals surface area contributed by atoms with Crippen LogP contribution in [0.15, 0.2) is 12.3 Å². The molecule has 4 rings (SSSR count). The maximum atomic E-state index is 12.7. The fourth-order valence-corrected chi connectivity index (χ4v) is 4.73. The summed E-state index contributed by atoms with van der Waals surface area (Å²) in [6, 6.07) is 2.19. The van der Waals surface area contributed by atoms with Crippen molar-refractivity contribution >= 4 is 11.6 Å². The van der Waals surface area contributed by atoms with Crippen LogP contribution in [0.1, 0.15) is 54.4 Å². The minimum atomic E-state index is -0.0484. The van der Waals surface area contributed by atoms with Crippen molar-refractivity contribution in [3.63, 3.8) is 0 Å². The number of aryl methyl sites for hydroxylation is 2. The van der Waals surface area contributed by atoms with Crippen LogP contribution in [0.3, 0.4) is 0 Å². The molecule has 2 aromatic heterocycles. The Bertz CT molecular complexity index is 766. The van der Waals surface area contributed by atoms with Crippen LogP contribution in [-0.4, -0.2) is 26.5 Å². The normalized spacial score (nSPS) is 27.5. The first-order valence-electron chi connectivity index (χ1n) is 8.65. The summed E-state index contributed by atoms with van der Waals surface area (Å²) in [5.74, 6) is 2.29. The minimum absolute atomic E-state index is 0.0484. The van der Waals surface area contributed by atoms with E-state index >= 15 is 0 Å². The average Bonchev–Trinajstić information content (AvgIpc) is 3.21. The van der Waals surface area contributed by atoms with Crippen LogP contribution < -0.4 is 5.32 Å². The van der Waals surface area contributed by atoms with Gasteiger partial charge < -0.3 is 5.32 Å². The Kier molecular flexibility index (Phi) is 3.39. The summed E-state index contributed by atoms with van der Waals surface area (Å²) >= 11 is 0. The molecular weight excluding hydrogens is 288 g/mol. The summed E-state index contributed by atoms with van der Waals surface area (Å²) in [4.78, 5) is 17.2. The maximum Gasteiger partial charge on any atom is 0.256 e. The van der Waals surface area contributed by atoms with Crippen LogP contribution in [-0.2, 0) is 0 Å². The summed E-state index contributed by atoms with van der Waals surface area (Å²) in [6.07, 6.45) is 7.00. The highest BCUT2D eigenvalue weighted by Crippen LogP contribution is 2.49. The third-order valence-corrected chi connectivity index (χ3v) is 5.82. The summed E-state index contributed by atoms with van der Waals surface area (Å²) in [6.45, 7) is 6.08. The van der Waals surface area contributed by atoms with Crippen molar-refractivity contribution in [3.8, 4) is 0 Å². The van der Waals surface area contributed by atoms with Gasteiger partial charge in [0, 0.05) is 17.4 Å². The van der Waals surface area contributed by atoms with Gasteiger partial charge in [0.25, 0.3) is 5.91 Å². The first-order chi connectivity index (χ1) is 11.0. The Hall–Kier alpha value is -1.91. The van der Waals surface area contributed by atoms with Gasteiger partial charge in [-0.15, -0.1) is 0 Å². The van der Waals surface area contributed by atoms with E-state index in [1.54, 1.807) is 10.7 Å². The fourth-order valence-electron chi connectivity index (χ4n) is 4.73. The number of nitrogens with zero attached hydrogens (tertiary/aromatic N) is 3. The lowest BCUT2D eigenvalue weighted by Gasteiger charge is -2.28. The molecule has 0 saturated heterocycles. The van der Waals surface area contributed by atoms with E-state index in [4.69, 9.17) is 0 Å². The molecule has 2 heterocycles. The molecule has 5 heteroatoms. The van der Waals surface area contributed by atoms with Crippen molar-refractivity contribution in [2.75, 3.05) is 0 Å². The van der Waals surface area contributed by atoms with Gasteiger partial charge in [-0.2, -0.15) is 5.10 Å². The van der Waals surface area contributed by atoms with Gasteiger partial charge >= 0.3 is 0 Å². The molecule has 2 saturated carbocycles. The molecular formula is C18H24N4O. The van der Waals surface area contributed by atoms with Crippen LogP contribution in [0, 0.1) is 31.6 Å². The highest BCUT2D eigenvalue weighted by atomic mass is 16.1. The van der Waals surface area contributed by atoms with Gasteiger partial charge in [-0.1, -0.05) is 6.42 Å². The fraction of sp³-hybridized carbons (Fsp3) is 0.611. The highest BCUT2D eigenvalue weighted by molar-refractivity contribution is 5.99. The molecule has 2 aliphatic rings. The standard InChI is InChI=1S/C18H24N4O/c1-10-6-11(2)22-17(20-10)16(9-19-22)18(23)21-12(3)15-8-13-4-5-14(15)7-13/h6,9,12-15H,4-5,7-8H2,1-3H3,(H,21,23)/t12-,13-,14-,15-/m0/s1. The first kappa shape index (κ1) is 14.7. The second-order valence-electron chi connectivity index (χ2n) is 7.43. The van der Waals surface area contributed by atoms with E-state index in [-0.39, 0.29) is 11.9 Å². The second-order valence-corrected chi connectivity index (χ2v) is 7.43. The molecule has 0 unspecified atom stereocenters. The number of carbonyl (C=O) groups is 1. The number of carbonyl (C=O) groups excluding carboxylic acids is 1. The van der Waals surface area contributed by atoms with Crippen molar-refractivity contribution in [1.29, 1.82) is 0 Å². The number of amides is 1. The van der Waals surface area contributed by atoms with Crippen LogP contribution in [0.4, 0.5) is 0 Å². The average molecular weight is 312 g/mol. The lowest BCUT2D eigenvalue weighted by Crippen LogP contribution is -2.40. The summed E-state index contributed by atoms with van der Waals surface area (Å²) in [7, 11) is 0. The van der Waals surface area contributed by atoms with Crippen molar-refractivity contribution < 1.29 is 4.79 Å². The number of hydrogen-bond acceptors (Lipinski definition) is 3. The molecule has 23 heavy (non-hydrogen) atoms. The maximum absolute atomic E-state index is 12.7. The van der Waals surface area contributed by atoms with Gasteiger partial charge in [0.1, 0.15) is 5.56 Å². The molecule has 4 atom stereocenters. The molecule has 2 fully saturated rings. The van der Waals surface area contributed by atoms with Gasteiger partial charge in [-0.05, 0) is 63.9 Å². The summed E-state index contributed by atoms with van der Waals surface area (Å²) < 4.78 is 1.74. The van der Waals surface area contributed by atoms with E-state index in [1.165, 1.54) is 25.7 Å². The van der Waals surface area contributed by atoms with Crippen molar-refractivity contribution in [1.82, 2.24) is 19.9 Å². The summed E-state index contributed by atoms with van der Waals surface area (Å²) in [5, 5.41) is 7.52. The highest BCUT2D eigenvalue weighted by Gasteiger charge is 2.42. The zero-order valence-corrected chi connectivity index (χ0v) is 14.0. The number of nitrogens with one attached hydrogen (secondary N) is 1. The number of aromatic nitrogens is 3. The predicted molar refractivity (Wildman–Crippen MR) is 88.3 cm³/mol. The van der Waals surface area contributed by atoms with Crippen LogP contribution in [0.25, 0.3) is 5.65 Å². The second kappa shape index (κ2) is 5.32. The van der Waals surface area contributed by atoms with E-state index < -0.39 is 0 Å². The van der Waals surface area contributed by atoms with E-state index in [0.717, 1.165) is 23.2 Å². The largest absolute Gasteiger partial charge is 0.349 e. The van der Waals surface area contributed by atoms with E-state index in [9.17, 15) is 4.79 Å². The molecule has 1 amide bonds. The van der Waals surface area contributed by atoms with Crippen LogP contribution in [0.2, 0.25) is 0 Å². The molecule has 1 N–H and O–H groups in total. The zero-order chi connectivity index (χ0) is 16.1. The molecule has 2 bridgehead atoms. The zero-order valence-electron chi connectivity index (χ0n) is 14.0. The van der Waals surface area contributed by atoms with Crippen molar-refractivity contribution in [2.24, 2.45) is 17.8 Å². The Labute approximate surface area is 136 Å².